The first-order valence-corrected chi connectivity index (χ1v) is 4.75. The molecule has 0 fully saturated rings. The van der Waals surface area contributed by atoms with Gasteiger partial charge in [-0.25, -0.2) is 8.78 Å². The van der Waals surface area contributed by atoms with Gasteiger partial charge in [0.05, 0.1) is 0 Å². The molecule has 0 saturated carbocycles. The Morgan fingerprint density at radius 3 is 2.80 bits per heavy atom. The number of benzene rings is 1. The maximum absolute atomic E-state index is 13.2. The highest BCUT2D eigenvalue weighted by Crippen LogP contribution is 2.19. The van der Waals surface area contributed by atoms with Crippen molar-refractivity contribution in [1.29, 1.82) is 0 Å². The van der Waals surface area contributed by atoms with Crippen LogP contribution in [0.3, 0.4) is 0 Å². The van der Waals surface area contributed by atoms with E-state index < -0.39 is 17.7 Å². The van der Waals surface area contributed by atoms with Crippen LogP contribution < -0.4 is 5.73 Å². The third-order valence-electron chi connectivity index (χ3n) is 2.11. The van der Waals surface area contributed by atoms with Crippen LogP contribution in [0.1, 0.15) is 31.4 Å². The van der Waals surface area contributed by atoms with Gasteiger partial charge in [-0.05, 0) is 31.5 Å². The van der Waals surface area contributed by atoms with Gasteiger partial charge in [0.25, 0.3) is 0 Å². The van der Waals surface area contributed by atoms with E-state index in [9.17, 15) is 8.78 Å². The van der Waals surface area contributed by atoms with Gasteiger partial charge in [0, 0.05) is 18.0 Å². The van der Waals surface area contributed by atoms with E-state index in [0.29, 0.717) is 12.8 Å². The highest BCUT2D eigenvalue weighted by molar-refractivity contribution is 5.22. The number of hydrogen-bond donors (Lipinski definition) is 1. The summed E-state index contributed by atoms with van der Waals surface area (Å²) < 4.78 is 26.1. The summed E-state index contributed by atoms with van der Waals surface area (Å²) in [5.41, 5.74) is 5.95. The second kappa shape index (κ2) is 5.47. The molecule has 0 aromatic heterocycles. The average molecular weight is 209 g/mol. The van der Waals surface area contributed by atoms with Crippen molar-refractivity contribution in [2.75, 3.05) is 0 Å². The molecule has 1 unspecified atom stereocenters. The molecule has 1 atom stereocenters. The van der Waals surface area contributed by atoms with Crippen LogP contribution in [0.5, 0.6) is 0 Å². The normalized spacial score (nSPS) is 11.7. The van der Waals surface area contributed by atoms with Crippen molar-refractivity contribution >= 4 is 0 Å². The van der Waals surface area contributed by atoms with Gasteiger partial charge >= 0.3 is 0 Å². The Hall–Kier alpha value is -1.40. The lowest BCUT2D eigenvalue weighted by molar-refractivity contribution is 0.551. The van der Waals surface area contributed by atoms with Crippen LogP contribution in [0, 0.1) is 23.5 Å². The molecule has 1 nitrogen and oxygen atoms in total. The van der Waals surface area contributed by atoms with Gasteiger partial charge < -0.3 is 5.73 Å². The zero-order valence-corrected chi connectivity index (χ0v) is 8.56. The topological polar surface area (TPSA) is 26.0 Å². The van der Waals surface area contributed by atoms with Crippen LogP contribution in [0.2, 0.25) is 0 Å². The summed E-state index contributed by atoms with van der Waals surface area (Å²) in [5.74, 6) is 4.63. The smallest absolute Gasteiger partial charge is 0.128 e. The third-order valence-corrected chi connectivity index (χ3v) is 2.11. The van der Waals surface area contributed by atoms with Gasteiger partial charge in [0.1, 0.15) is 11.6 Å². The summed E-state index contributed by atoms with van der Waals surface area (Å²) in [6.45, 7) is 1.73. The van der Waals surface area contributed by atoms with Crippen LogP contribution in [0.25, 0.3) is 0 Å². The van der Waals surface area contributed by atoms with Crippen LogP contribution in [-0.4, -0.2) is 0 Å². The molecule has 1 aromatic carbocycles. The van der Waals surface area contributed by atoms with Crippen LogP contribution in [0.4, 0.5) is 8.78 Å². The van der Waals surface area contributed by atoms with Crippen molar-refractivity contribution < 1.29 is 8.78 Å². The lowest BCUT2D eigenvalue weighted by Crippen LogP contribution is -2.12. The highest BCUT2D eigenvalue weighted by Gasteiger charge is 2.11. The van der Waals surface area contributed by atoms with Gasteiger partial charge in [-0.3, -0.25) is 0 Å². The lowest BCUT2D eigenvalue weighted by Gasteiger charge is -2.11. The van der Waals surface area contributed by atoms with Crippen molar-refractivity contribution in [3.63, 3.8) is 0 Å². The van der Waals surface area contributed by atoms with E-state index >= 15 is 0 Å². The highest BCUT2D eigenvalue weighted by atomic mass is 19.1. The Morgan fingerprint density at radius 1 is 1.40 bits per heavy atom. The molecule has 0 bridgehead atoms. The summed E-state index contributed by atoms with van der Waals surface area (Å²) >= 11 is 0. The minimum atomic E-state index is -0.499. The molecular weight excluding hydrogens is 196 g/mol. The molecule has 1 rings (SSSR count). The molecule has 2 N–H and O–H groups in total. The van der Waals surface area contributed by atoms with Crippen molar-refractivity contribution in [3.05, 3.63) is 35.4 Å². The number of halogens is 2. The second-order valence-corrected chi connectivity index (χ2v) is 3.24. The fourth-order valence-electron chi connectivity index (χ4n) is 1.31. The fourth-order valence-corrected chi connectivity index (χ4v) is 1.31. The first kappa shape index (κ1) is 11.7. The van der Waals surface area contributed by atoms with Crippen LogP contribution in [0.15, 0.2) is 18.2 Å². The van der Waals surface area contributed by atoms with E-state index in [-0.39, 0.29) is 5.56 Å². The monoisotopic (exact) mass is 209 g/mol. The molecular formula is C12H13F2N. The second-order valence-electron chi connectivity index (χ2n) is 3.24. The zero-order valence-electron chi connectivity index (χ0n) is 8.56. The minimum absolute atomic E-state index is 0.216. The van der Waals surface area contributed by atoms with Crippen molar-refractivity contribution in [3.8, 4) is 11.8 Å². The number of hydrogen-bond acceptors (Lipinski definition) is 1. The zero-order chi connectivity index (χ0) is 11.3. The molecule has 3 heteroatoms. The summed E-state index contributed by atoms with van der Waals surface area (Å²) in [4.78, 5) is 0. The van der Waals surface area contributed by atoms with Gasteiger partial charge in [0.15, 0.2) is 0 Å². The number of rotatable bonds is 3. The Bertz CT molecular complexity index is 390. The summed E-state index contributed by atoms with van der Waals surface area (Å²) in [5, 5.41) is 0. The van der Waals surface area contributed by atoms with Crippen LogP contribution >= 0.6 is 0 Å². The molecule has 0 spiro atoms. The van der Waals surface area contributed by atoms with Crippen molar-refractivity contribution in [1.82, 2.24) is 0 Å². The maximum atomic E-state index is 13.2. The molecule has 0 heterocycles. The van der Waals surface area contributed by atoms with Crippen molar-refractivity contribution in [2.45, 2.75) is 25.8 Å². The molecule has 0 aliphatic heterocycles. The SMILES string of the molecule is CC#CCCC(N)c1cc(F)ccc1F. The summed E-state index contributed by atoms with van der Waals surface area (Å²) in [6, 6.07) is 2.81. The Labute approximate surface area is 88.3 Å². The fraction of sp³-hybridized carbons (Fsp3) is 0.333. The lowest BCUT2D eigenvalue weighted by atomic mass is 10.0. The van der Waals surface area contributed by atoms with Gasteiger partial charge in [-0.2, -0.15) is 0 Å². The van der Waals surface area contributed by atoms with Gasteiger partial charge in [-0.1, -0.05) is 0 Å². The van der Waals surface area contributed by atoms with Crippen LogP contribution in [-0.2, 0) is 0 Å². The Balaban J connectivity index is 2.74. The Kier molecular flexibility index (Phi) is 4.26. The molecule has 0 radical (unpaired) electrons. The molecule has 0 saturated heterocycles. The minimum Gasteiger partial charge on any atom is -0.324 e. The molecule has 0 amide bonds. The number of nitrogens with two attached hydrogens (primary N) is 1. The van der Waals surface area contributed by atoms with E-state index in [1.165, 1.54) is 0 Å². The van der Waals surface area contributed by atoms with E-state index in [0.717, 1.165) is 18.2 Å². The molecule has 80 valence electrons. The molecule has 1 aromatic rings. The summed E-state index contributed by atoms with van der Waals surface area (Å²) in [7, 11) is 0. The predicted molar refractivity (Wildman–Crippen MR) is 56.0 cm³/mol. The largest absolute Gasteiger partial charge is 0.324 e. The first-order valence-electron chi connectivity index (χ1n) is 4.75. The predicted octanol–water partition coefficient (Wildman–Crippen LogP) is 2.77. The molecule has 15 heavy (non-hydrogen) atoms. The molecule has 0 aliphatic rings. The first-order chi connectivity index (χ1) is 7.15. The van der Waals surface area contributed by atoms with Crippen molar-refractivity contribution in [2.24, 2.45) is 5.73 Å². The van der Waals surface area contributed by atoms with E-state index in [2.05, 4.69) is 11.8 Å². The quantitative estimate of drug-likeness (QED) is 0.761. The Morgan fingerprint density at radius 2 is 2.13 bits per heavy atom. The van der Waals surface area contributed by atoms with E-state index in [4.69, 9.17) is 5.73 Å². The standard InChI is InChI=1S/C12H13F2N/c1-2-3-4-5-12(15)10-8-9(13)6-7-11(10)14/h6-8,12H,4-5,15H2,1H3. The maximum Gasteiger partial charge on any atom is 0.128 e. The average Bonchev–Trinajstić information content (AvgIpc) is 2.22. The molecule has 0 aliphatic carbocycles. The van der Waals surface area contributed by atoms with E-state index in [1.807, 2.05) is 0 Å². The van der Waals surface area contributed by atoms with Gasteiger partial charge in [0.2, 0.25) is 0 Å². The third kappa shape index (κ3) is 3.34. The summed E-state index contributed by atoms with van der Waals surface area (Å²) in [6.07, 6.45) is 1.12. The van der Waals surface area contributed by atoms with E-state index in [1.54, 1.807) is 6.92 Å². The van der Waals surface area contributed by atoms with Gasteiger partial charge in [-0.15, -0.1) is 11.8 Å².